The molecule has 1 aliphatic heterocycles. The molecule has 7 aromatic rings. The lowest BCUT2D eigenvalue weighted by atomic mass is 9.63. The molecule has 3 heteroatoms. The molecule has 0 amide bonds. The third-order valence-corrected chi connectivity index (χ3v) is 13.6. The third-order valence-electron chi connectivity index (χ3n) is 13.6. The molecule has 0 saturated heterocycles. The maximum atomic E-state index is 6.65. The molecule has 4 heterocycles. The lowest BCUT2D eigenvalue weighted by Crippen LogP contribution is -2.58. The van der Waals surface area contributed by atoms with Crippen LogP contribution in [0.25, 0.3) is 55.6 Å². The first-order valence-corrected chi connectivity index (χ1v) is 20.2. The molecule has 1 aliphatic carbocycles. The predicted molar refractivity (Wildman–Crippen MR) is 223 cm³/mol. The Morgan fingerprint density at radius 3 is 2.11 bits per heavy atom. The first-order chi connectivity index (χ1) is 26.0. The van der Waals surface area contributed by atoms with E-state index in [1.807, 2.05) is 0 Å². The Hall–Kier alpha value is -5.02. The van der Waals surface area contributed by atoms with Gasteiger partial charge >= 0.3 is 0 Å². The number of pyridine rings is 2. The van der Waals surface area contributed by atoms with Crippen LogP contribution in [0.15, 0.2) is 126 Å². The monoisotopic (exact) mass is 710 g/mol. The smallest absolute Gasteiger partial charge is 0.213 e. The second kappa shape index (κ2) is 12.8. The fourth-order valence-electron chi connectivity index (χ4n) is 10.0. The van der Waals surface area contributed by atoms with Gasteiger partial charge in [-0.25, -0.2) is 0 Å². The molecule has 9 rings (SSSR count). The van der Waals surface area contributed by atoms with Gasteiger partial charge in [0.1, 0.15) is 11.2 Å². The molecule has 0 radical (unpaired) electrons. The second-order valence-corrected chi connectivity index (χ2v) is 17.6. The van der Waals surface area contributed by atoms with Crippen LogP contribution in [-0.2, 0) is 22.9 Å². The summed E-state index contributed by atoms with van der Waals surface area (Å²) in [5, 5.41) is 2.40. The van der Waals surface area contributed by atoms with E-state index in [2.05, 4.69) is 179 Å². The molecule has 0 spiro atoms. The van der Waals surface area contributed by atoms with Gasteiger partial charge in [-0.15, -0.1) is 0 Å². The minimum Gasteiger partial charge on any atom is -0.456 e. The number of hydrogen-bond acceptors (Lipinski definition) is 1. The van der Waals surface area contributed by atoms with Crippen molar-refractivity contribution >= 4 is 21.9 Å². The van der Waals surface area contributed by atoms with Crippen molar-refractivity contribution in [3.63, 3.8) is 0 Å². The van der Waals surface area contributed by atoms with Crippen LogP contribution < -0.4 is 9.13 Å². The Bertz CT molecular complexity index is 2550. The average molecular weight is 711 g/mol. The summed E-state index contributed by atoms with van der Waals surface area (Å²) in [6, 6.07) is 40.5. The Kier molecular flexibility index (Phi) is 8.23. The zero-order valence-electron chi connectivity index (χ0n) is 33.2. The van der Waals surface area contributed by atoms with Crippen molar-refractivity contribution in [1.29, 1.82) is 0 Å². The lowest BCUT2D eigenvalue weighted by molar-refractivity contribution is -0.760. The number of para-hydroxylation sites is 1. The molecule has 3 nitrogen and oxygen atoms in total. The van der Waals surface area contributed by atoms with Gasteiger partial charge < -0.3 is 4.42 Å². The van der Waals surface area contributed by atoms with Crippen LogP contribution >= 0.6 is 0 Å². The minimum atomic E-state index is -0.0533. The second-order valence-electron chi connectivity index (χ2n) is 17.6. The zero-order valence-corrected chi connectivity index (χ0v) is 33.2. The highest BCUT2D eigenvalue weighted by molar-refractivity contribution is 6.06. The van der Waals surface area contributed by atoms with Crippen LogP contribution in [0.1, 0.15) is 102 Å². The van der Waals surface area contributed by atoms with Crippen LogP contribution in [0.2, 0.25) is 0 Å². The fraction of sp³-hybridized carbons (Fsp3) is 0.333. The number of rotatable bonds is 6. The number of fused-ring (bicyclic) bond motifs is 7. The van der Waals surface area contributed by atoms with E-state index in [1.54, 1.807) is 0 Å². The first-order valence-electron chi connectivity index (χ1n) is 20.2. The van der Waals surface area contributed by atoms with Gasteiger partial charge in [-0.3, -0.25) is 0 Å². The van der Waals surface area contributed by atoms with Gasteiger partial charge in [0.15, 0.2) is 24.5 Å². The van der Waals surface area contributed by atoms with E-state index in [0.717, 1.165) is 37.0 Å². The van der Waals surface area contributed by atoms with Crippen molar-refractivity contribution in [3.8, 4) is 33.6 Å². The molecule has 0 bridgehead atoms. The van der Waals surface area contributed by atoms with Crippen LogP contribution in [0.4, 0.5) is 0 Å². The zero-order chi connectivity index (χ0) is 37.4. The molecule has 1 atom stereocenters. The van der Waals surface area contributed by atoms with Gasteiger partial charge in [0.2, 0.25) is 11.4 Å². The Balaban J connectivity index is 1.31. The Morgan fingerprint density at radius 2 is 1.35 bits per heavy atom. The van der Waals surface area contributed by atoms with Crippen LogP contribution in [0, 0.1) is 6.92 Å². The minimum absolute atomic E-state index is 0.0533. The molecule has 272 valence electrons. The van der Waals surface area contributed by atoms with Crippen molar-refractivity contribution in [2.75, 3.05) is 0 Å². The molecule has 1 unspecified atom stereocenters. The van der Waals surface area contributed by atoms with E-state index in [4.69, 9.17) is 4.42 Å². The van der Waals surface area contributed by atoms with Crippen LogP contribution in [0.5, 0.6) is 0 Å². The standard InChI is InChI=1S/C51H54N2O/c1-8-51(9-2)31-37(32-52-26-23-36(35-18-11-10-12-19-35)27-45(52)38-20-14-13-17-34(38)3)40-28-42-39-21-15-16-22-47(39)54-48(42)29-41(40)46-30-43-44(33-53(46)51)50(6,7)25-24-49(43,4)5/h10-23,26-30,33,37H,8-9,24-25,31-32H2,1-7H3/q+2. The highest BCUT2D eigenvalue weighted by Gasteiger charge is 2.49. The summed E-state index contributed by atoms with van der Waals surface area (Å²) in [5.74, 6) is 0.256. The third kappa shape index (κ3) is 5.53. The maximum Gasteiger partial charge on any atom is 0.213 e. The van der Waals surface area contributed by atoms with Gasteiger partial charge in [0, 0.05) is 59.4 Å². The molecule has 54 heavy (non-hydrogen) atoms. The summed E-state index contributed by atoms with van der Waals surface area (Å²) in [5.41, 5.74) is 15.5. The maximum absolute atomic E-state index is 6.65. The predicted octanol–water partition coefficient (Wildman–Crippen LogP) is 12.5. The summed E-state index contributed by atoms with van der Waals surface area (Å²) in [6.07, 6.45) is 10.5. The Morgan fingerprint density at radius 1 is 0.648 bits per heavy atom. The molecule has 0 fully saturated rings. The Labute approximate surface area is 321 Å². The largest absolute Gasteiger partial charge is 0.456 e. The number of hydrogen-bond donors (Lipinski definition) is 0. The number of aromatic nitrogens is 2. The van der Waals surface area contributed by atoms with Gasteiger partial charge in [-0.1, -0.05) is 108 Å². The van der Waals surface area contributed by atoms with Crippen LogP contribution in [-0.4, -0.2) is 0 Å². The lowest BCUT2D eigenvalue weighted by Gasteiger charge is -2.41. The van der Waals surface area contributed by atoms with Gasteiger partial charge in [0.05, 0.1) is 11.5 Å². The van der Waals surface area contributed by atoms with E-state index in [-0.39, 0.29) is 22.3 Å². The van der Waals surface area contributed by atoms with Gasteiger partial charge in [-0.2, -0.15) is 9.13 Å². The number of nitrogens with zero attached hydrogens (tertiary/aromatic N) is 2. The molecule has 4 aromatic carbocycles. The van der Waals surface area contributed by atoms with E-state index in [9.17, 15) is 0 Å². The van der Waals surface area contributed by atoms with Crippen molar-refractivity contribution in [2.24, 2.45) is 0 Å². The molecule has 3 aromatic heterocycles. The van der Waals surface area contributed by atoms with E-state index >= 15 is 0 Å². The summed E-state index contributed by atoms with van der Waals surface area (Å²) in [6.45, 7) is 17.8. The summed E-state index contributed by atoms with van der Waals surface area (Å²) < 4.78 is 11.9. The van der Waals surface area contributed by atoms with E-state index < -0.39 is 0 Å². The van der Waals surface area contributed by atoms with Crippen molar-refractivity contribution in [1.82, 2.24) is 0 Å². The van der Waals surface area contributed by atoms with Crippen molar-refractivity contribution < 1.29 is 13.6 Å². The van der Waals surface area contributed by atoms with E-state index in [0.29, 0.717) is 0 Å². The van der Waals surface area contributed by atoms with Gasteiger partial charge in [0.25, 0.3) is 0 Å². The number of furan rings is 1. The molecular formula is C51H54N2O+2. The number of benzene rings is 4. The van der Waals surface area contributed by atoms with Crippen molar-refractivity contribution in [2.45, 2.75) is 109 Å². The number of aryl methyl sites for hydroxylation is 1. The van der Waals surface area contributed by atoms with E-state index in [1.165, 1.54) is 79.5 Å². The van der Waals surface area contributed by atoms with Crippen molar-refractivity contribution in [3.05, 3.63) is 144 Å². The van der Waals surface area contributed by atoms with Crippen LogP contribution in [0.3, 0.4) is 0 Å². The normalized spacial score (nSPS) is 18.2. The average Bonchev–Trinajstić information content (AvgIpc) is 3.51. The molecule has 2 aliphatic rings. The highest BCUT2D eigenvalue weighted by Crippen LogP contribution is 2.50. The van der Waals surface area contributed by atoms with Gasteiger partial charge in [-0.05, 0) is 82.7 Å². The SMILES string of the molecule is CCC1(CC)CC(C[n+]2ccc(-c3ccccc3)cc2-c2ccccc2C)c2cc3c(cc2-c2cc4c(c[n+]21)C(C)(C)CCC4(C)C)oc1ccccc13. The summed E-state index contributed by atoms with van der Waals surface area (Å²) >= 11 is 0. The first kappa shape index (κ1) is 34.7. The summed E-state index contributed by atoms with van der Waals surface area (Å²) in [7, 11) is 0. The molecule has 0 N–H and O–H groups in total. The quantitative estimate of drug-likeness (QED) is 0.157. The highest BCUT2D eigenvalue weighted by atomic mass is 16.3. The summed E-state index contributed by atoms with van der Waals surface area (Å²) in [4.78, 5) is 0. The fourth-order valence-corrected chi connectivity index (χ4v) is 10.0. The molecular weight excluding hydrogens is 657 g/mol. The topological polar surface area (TPSA) is 20.9 Å². The molecule has 0 saturated carbocycles.